The number of hydrogen-bond acceptors (Lipinski definition) is 5. The van der Waals surface area contributed by atoms with Crippen molar-refractivity contribution in [2.75, 3.05) is 0 Å². The molecule has 0 amide bonds. The Balaban J connectivity index is 0.929. The van der Waals surface area contributed by atoms with Gasteiger partial charge < -0.3 is 9.47 Å². The summed E-state index contributed by atoms with van der Waals surface area (Å²) in [6, 6.07) is 77.8. The van der Waals surface area contributed by atoms with Crippen molar-refractivity contribution in [3.8, 4) is 90.5 Å². The number of ether oxygens (including phenoxy) is 2. The van der Waals surface area contributed by atoms with Crippen LogP contribution >= 0.6 is 0 Å². The molecule has 0 spiro atoms. The third-order valence-corrected chi connectivity index (χ3v) is 12.3. The molecule has 5 nitrogen and oxygen atoms in total. The fourth-order valence-corrected chi connectivity index (χ4v) is 9.42. The molecule has 0 bridgehead atoms. The standard InChI is InChI=1S/C58H37N3O2/c1-5-18-38(19-6-1)45-28-13-14-30-47(45)57-60-55(39-20-7-2-8-21-39)59-56(61-57)42-23-17-22-40(34-42)41-32-33-51-52(35-41)63-53-36-48-46-29-15-16-31-49(46)58(43-24-9-3-10-25-43,44-26-11-4-12-27-44)50(48)37-54(53)62-51/h1-37H. The topological polar surface area (TPSA) is 57.1 Å². The van der Waals surface area contributed by atoms with Gasteiger partial charge in [-0.1, -0.05) is 194 Å². The van der Waals surface area contributed by atoms with Crippen LogP contribution in [0.5, 0.6) is 23.0 Å². The average molecular weight is 808 g/mol. The molecule has 0 fully saturated rings. The Labute approximate surface area is 365 Å². The molecule has 0 unspecified atom stereocenters. The average Bonchev–Trinajstić information content (AvgIpc) is 3.65. The molecule has 0 N–H and O–H groups in total. The summed E-state index contributed by atoms with van der Waals surface area (Å²) in [7, 11) is 0. The zero-order valence-electron chi connectivity index (χ0n) is 34.0. The molecular weight excluding hydrogens is 771 g/mol. The number of nitrogens with zero attached hydrogens (tertiary/aromatic N) is 3. The van der Waals surface area contributed by atoms with Gasteiger partial charge in [-0.05, 0) is 86.0 Å². The lowest BCUT2D eigenvalue weighted by Crippen LogP contribution is -2.28. The van der Waals surface area contributed by atoms with E-state index in [1.807, 2.05) is 54.6 Å². The van der Waals surface area contributed by atoms with Crippen LogP contribution in [0, 0.1) is 0 Å². The lowest BCUT2D eigenvalue weighted by Gasteiger charge is -2.34. The van der Waals surface area contributed by atoms with Gasteiger partial charge in [-0.2, -0.15) is 0 Å². The summed E-state index contributed by atoms with van der Waals surface area (Å²) in [5.74, 6) is 4.50. The highest BCUT2D eigenvalue weighted by molar-refractivity contribution is 5.89. The molecular formula is C58H37N3O2. The molecule has 9 aromatic carbocycles. The first-order valence-electron chi connectivity index (χ1n) is 21.2. The third-order valence-electron chi connectivity index (χ3n) is 12.3. The fourth-order valence-electron chi connectivity index (χ4n) is 9.42. The van der Waals surface area contributed by atoms with Gasteiger partial charge in [0.15, 0.2) is 40.5 Å². The van der Waals surface area contributed by atoms with Crippen LogP contribution in [0.25, 0.3) is 67.5 Å². The highest BCUT2D eigenvalue weighted by atomic mass is 16.6. The normalized spacial score (nSPS) is 12.8. The Morgan fingerprint density at radius 1 is 0.270 bits per heavy atom. The molecule has 0 atom stereocenters. The van der Waals surface area contributed by atoms with E-state index < -0.39 is 5.41 Å². The predicted octanol–water partition coefficient (Wildman–Crippen LogP) is 14.5. The number of rotatable bonds is 7. The molecule has 0 saturated carbocycles. The van der Waals surface area contributed by atoms with Crippen LogP contribution in [-0.2, 0) is 5.41 Å². The van der Waals surface area contributed by atoms with E-state index in [1.165, 1.54) is 27.8 Å². The van der Waals surface area contributed by atoms with E-state index in [-0.39, 0.29) is 0 Å². The second-order valence-corrected chi connectivity index (χ2v) is 15.9. The van der Waals surface area contributed by atoms with E-state index in [9.17, 15) is 0 Å². The predicted molar refractivity (Wildman–Crippen MR) is 251 cm³/mol. The minimum atomic E-state index is -0.533. The largest absolute Gasteiger partial charge is 0.450 e. The monoisotopic (exact) mass is 807 g/mol. The first kappa shape index (κ1) is 36.4. The Kier molecular flexibility index (Phi) is 8.64. The molecule has 0 radical (unpaired) electrons. The second-order valence-electron chi connectivity index (χ2n) is 15.9. The smallest absolute Gasteiger partial charge is 0.170 e. The first-order chi connectivity index (χ1) is 31.2. The summed E-state index contributed by atoms with van der Waals surface area (Å²) in [6.07, 6.45) is 0. The highest BCUT2D eigenvalue weighted by Crippen LogP contribution is 2.59. The highest BCUT2D eigenvalue weighted by Gasteiger charge is 2.47. The molecule has 2 heterocycles. The molecule has 10 aromatic rings. The molecule has 5 heteroatoms. The summed E-state index contributed by atoms with van der Waals surface area (Å²) in [4.78, 5) is 15.3. The maximum atomic E-state index is 6.79. The van der Waals surface area contributed by atoms with Gasteiger partial charge >= 0.3 is 0 Å². The van der Waals surface area contributed by atoms with Crippen molar-refractivity contribution >= 4 is 0 Å². The van der Waals surface area contributed by atoms with E-state index in [4.69, 9.17) is 24.4 Å². The summed E-state index contributed by atoms with van der Waals surface area (Å²) in [5.41, 5.74) is 13.5. The summed E-state index contributed by atoms with van der Waals surface area (Å²) in [6.45, 7) is 0. The molecule has 1 aliphatic carbocycles. The van der Waals surface area contributed by atoms with Gasteiger partial charge in [0.1, 0.15) is 0 Å². The Bertz CT molecular complexity index is 3300. The molecule has 1 aliphatic heterocycles. The van der Waals surface area contributed by atoms with E-state index in [0.29, 0.717) is 40.5 Å². The molecule has 296 valence electrons. The van der Waals surface area contributed by atoms with Crippen LogP contribution < -0.4 is 9.47 Å². The summed E-state index contributed by atoms with van der Waals surface area (Å²) in [5, 5.41) is 0. The van der Waals surface area contributed by atoms with Crippen LogP contribution in [0.1, 0.15) is 22.3 Å². The van der Waals surface area contributed by atoms with E-state index in [0.717, 1.165) is 44.5 Å². The van der Waals surface area contributed by atoms with Crippen molar-refractivity contribution in [3.63, 3.8) is 0 Å². The van der Waals surface area contributed by atoms with Gasteiger partial charge in [-0.15, -0.1) is 0 Å². The van der Waals surface area contributed by atoms with E-state index >= 15 is 0 Å². The number of aromatic nitrogens is 3. The third kappa shape index (κ3) is 6.13. The van der Waals surface area contributed by atoms with Crippen molar-refractivity contribution in [1.82, 2.24) is 15.0 Å². The van der Waals surface area contributed by atoms with Crippen molar-refractivity contribution in [3.05, 3.63) is 247 Å². The van der Waals surface area contributed by atoms with Crippen LogP contribution in [0.2, 0.25) is 0 Å². The Morgan fingerprint density at radius 2 is 0.762 bits per heavy atom. The quantitative estimate of drug-likeness (QED) is 0.161. The molecule has 0 saturated heterocycles. The minimum absolute atomic E-state index is 0.533. The summed E-state index contributed by atoms with van der Waals surface area (Å²) >= 11 is 0. The van der Waals surface area contributed by atoms with Crippen molar-refractivity contribution in [1.29, 1.82) is 0 Å². The van der Waals surface area contributed by atoms with Crippen molar-refractivity contribution < 1.29 is 9.47 Å². The van der Waals surface area contributed by atoms with E-state index in [2.05, 4.69) is 170 Å². The van der Waals surface area contributed by atoms with Gasteiger partial charge in [0.2, 0.25) is 0 Å². The molecule has 1 aromatic heterocycles. The second kappa shape index (κ2) is 14.9. The van der Waals surface area contributed by atoms with Gasteiger partial charge in [-0.25, -0.2) is 15.0 Å². The van der Waals surface area contributed by atoms with Crippen molar-refractivity contribution in [2.45, 2.75) is 5.41 Å². The number of hydrogen-bond donors (Lipinski definition) is 0. The van der Waals surface area contributed by atoms with Gasteiger partial charge in [-0.3, -0.25) is 0 Å². The lowest BCUT2D eigenvalue weighted by molar-refractivity contribution is 0.359. The molecule has 63 heavy (non-hydrogen) atoms. The maximum Gasteiger partial charge on any atom is 0.170 e. The summed E-state index contributed by atoms with van der Waals surface area (Å²) < 4.78 is 13.5. The van der Waals surface area contributed by atoms with Gasteiger partial charge in [0, 0.05) is 16.7 Å². The fraction of sp³-hybridized carbons (Fsp3) is 0.0172. The molecule has 12 rings (SSSR count). The van der Waals surface area contributed by atoms with Gasteiger partial charge in [0.25, 0.3) is 0 Å². The van der Waals surface area contributed by atoms with Gasteiger partial charge in [0.05, 0.1) is 5.41 Å². The van der Waals surface area contributed by atoms with Crippen LogP contribution in [0.15, 0.2) is 224 Å². The zero-order valence-corrected chi connectivity index (χ0v) is 34.0. The SMILES string of the molecule is c1ccc(-c2nc(-c3cccc(-c4ccc5c(c4)Oc4cc6c(cc4O5)C(c4ccccc4)(c4ccccc4)c4ccccc4-6)c3)nc(-c3ccccc3-c3ccccc3)n2)cc1. The zero-order chi connectivity index (χ0) is 41.7. The number of benzene rings is 9. The van der Waals surface area contributed by atoms with Crippen molar-refractivity contribution in [2.24, 2.45) is 0 Å². The Hall–Kier alpha value is -8.41. The van der Waals surface area contributed by atoms with Crippen LogP contribution in [-0.4, -0.2) is 15.0 Å². The van der Waals surface area contributed by atoms with Crippen LogP contribution in [0.3, 0.4) is 0 Å². The lowest BCUT2D eigenvalue weighted by atomic mass is 9.67. The Morgan fingerprint density at radius 3 is 1.48 bits per heavy atom. The first-order valence-corrected chi connectivity index (χ1v) is 21.2. The maximum absolute atomic E-state index is 6.79. The number of fused-ring (bicyclic) bond motifs is 5. The van der Waals surface area contributed by atoms with Crippen LogP contribution in [0.4, 0.5) is 0 Å². The van der Waals surface area contributed by atoms with E-state index in [1.54, 1.807) is 0 Å². The minimum Gasteiger partial charge on any atom is -0.450 e. The molecule has 2 aliphatic rings.